The average Bonchev–Trinajstić information content (AvgIpc) is 3.00. The van der Waals surface area contributed by atoms with Crippen LogP contribution in [0.3, 0.4) is 0 Å². The maximum absolute atomic E-state index is 12.8. The molecule has 2 heterocycles. The lowest BCUT2D eigenvalue weighted by molar-refractivity contribution is 0.0391. The molecule has 1 aromatic heterocycles. The lowest BCUT2D eigenvalue weighted by Crippen LogP contribution is -2.49. The third kappa shape index (κ3) is 3.14. The third-order valence-electron chi connectivity index (χ3n) is 4.64. The lowest BCUT2D eigenvalue weighted by atomic mass is 9.78. The van der Waals surface area contributed by atoms with E-state index in [9.17, 15) is 4.79 Å². The summed E-state index contributed by atoms with van der Waals surface area (Å²) in [6, 6.07) is 2.31. The number of hydrogen-bond acceptors (Lipinski definition) is 3. The molecule has 0 spiro atoms. The van der Waals surface area contributed by atoms with E-state index in [1.54, 1.807) is 0 Å². The van der Waals surface area contributed by atoms with Gasteiger partial charge in [0.15, 0.2) is 0 Å². The molecule has 1 saturated heterocycles. The third-order valence-corrected chi connectivity index (χ3v) is 5.49. The highest BCUT2D eigenvalue weighted by molar-refractivity contribution is 7.10. The summed E-state index contributed by atoms with van der Waals surface area (Å²) in [5.74, 6) is 6.39. The van der Waals surface area contributed by atoms with Crippen LogP contribution in [0.4, 0.5) is 0 Å². The first kappa shape index (κ1) is 14.6. The van der Waals surface area contributed by atoms with Gasteiger partial charge in [-0.15, -0.1) is 11.3 Å². The number of hydrogen-bond donors (Lipinski definition) is 1. The standard InChI is InChI=1S/C17H21NO2S/c19-10-4-7-15-11-14(12-21-15)17(20)18-9-3-6-13-5-1-2-8-16(13)18/h11-13,16,19H,1-3,5-6,8-10H2/t13-,16-/m1/s1. The van der Waals surface area contributed by atoms with Crippen LogP contribution in [0.2, 0.25) is 0 Å². The van der Waals surface area contributed by atoms with Crippen LogP contribution in [0.15, 0.2) is 11.4 Å². The highest BCUT2D eigenvalue weighted by atomic mass is 32.1. The van der Waals surface area contributed by atoms with Crippen LogP contribution in [-0.4, -0.2) is 35.1 Å². The summed E-state index contributed by atoms with van der Waals surface area (Å²) in [5, 5.41) is 10.6. The molecule has 0 aromatic carbocycles. The molecule has 2 fully saturated rings. The van der Waals surface area contributed by atoms with Crippen LogP contribution >= 0.6 is 11.3 Å². The Balaban J connectivity index is 1.75. The van der Waals surface area contributed by atoms with Crippen LogP contribution in [0.25, 0.3) is 0 Å². The van der Waals surface area contributed by atoms with E-state index in [2.05, 4.69) is 16.7 Å². The number of carbonyl (C=O) groups is 1. The fraction of sp³-hybridized carbons (Fsp3) is 0.588. The fourth-order valence-electron chi connectivity index (χ4n) is 3.68. The Labute approximate surface area is 130 Å². The van der Waals surface area contributed by atoms with Crippen molar-refractivity contribution in [1.82, 2.24) is 4.90 Å². The van der Waals surface area contributed by atoms with Crippen LogP contribution in [0.5, 0.6) is 0 Å². The molecular formula is C17H21NO2S. The van der Waals surface area contributed by atoms with Gasteiger partial charge in [0.2, 0.25) is 0 Å². The number of thiophene rings is 1. The second kappa shape index (κ2) is 6.64. The van der Waals surface area contributed by atoms with Crippen molar-refractivity contribution >= 4 is 17.2 Å². The van der Waals surface area contributed by atoms with E-state index in [-0.39, 0.29) is 12.5 Å². The number of rotatable bonds is 1. The van der Waals surface area contributed by atoms with Crippen molar-refractivity contribution in [3.8, 4) is 11.8 Å². The Morgan fingerprint density at radius 2 is 2.14 bits per heavy atom. The number of carbonyl (C=O) groups excluding carboxylic acids is 1. The maximum Gasteiger partial charge on any atom is 0.255 e. The highest BCUT2D eigenvalue weighted by Crippen LogP contribution is 2.36. The van der Waals surface area contributed by atoms with Gasteiger partial charge in [0.05, 0.1) is 10.4 Å². The molecule has 1 aliphatic heterocycles. The van der Waals surface area contributed by atoms with E-state index in [1.807, 2.05) is 11.4 Å². The minimum absolute atomic E-state index is 0.142. The van der Waals surface area contributed by atoms with Crippen LogP contribution in [0.1, 0.15) is 53.8 Å². The topological polar surface area (TPSA) is 40.5 Å². The molecule has 3 rings (SSSR count). The van der Waals surface area contributed by atoms with Gasteiger partial charge in [-0.1, -0.05) is 24.7 Å². The molecule has 21 heavy (non-hydrogen) atoms. The van der Waals surface area contributed by atoms with Gasteiger partial charge < -0.3 is 10.0 Å². The van der Waals surface area contributed by atoms with E-state index in [1.165, 1.54) is 37.0 Å². The number of amides is 1. The first-order valence-electron chi connectivity index (χ1n) is 7.79. The van der Waals surface area contributed by atoms with Crippen molar-refractivity contribution < 1.29 is 9.90 Å². The van der Waals surface area contributed by atoms with Crippen molar-refractivity contribution in [2.24, 2.45) is 5.92 Å². The number of aliphatic hydroxyl groups excluding tert-OH is 1. The summed E-state index contributed by atoms with van der Waals surface area (Å²) < 4.78 is 0. The smallest absolute Gasteiger partial charge is 0.255 e. The van der Waals surface area contributed by atoms with Gasteiger partial charge in [-0.05, 0) is 37.7 Å². The van der Waals surface area contributed by atoms with Gasteiger partial charge in [0, 0.05) is 18.0 Å². The number of fused-ring (bicyclic) bond motifs is 1. The predicted octanol–water partition coefficient (Wildman–Crippen LogP) is 2.89. The van der Waals surface area contributed by atoms with E-state index >= 15 is 0 Å². The second-order valence-corrected chi connectivity index (χ2v) is 6.82. The molecule has 2 aliphatic rings. The largest absolute Gasteiger partial charge is 0.384 e. The summed E-state index contributed by atoms with van der Waals surface area (Å²) in [4.78, 5) is 15.7. The molecule has 1 aliphatic carbocycles. The maximum atomic E-state index is 12.8. The van der Waals surface area contributed by atoms with Gasteiger partial charge >= 0.3 is 0 Å². The number of piperidine rings is 1. The normalized spacial score (nSPS) is 24.9. The lowest BCUT2D eigenvalue weighted by Gasteiger charge is -2.44. The Hall–Kier alpha value is -1.31. The van der Waals surface area contributed by atoms with Crippen molar-refractivity contribution in [1.29, 1.82) is 0 Å². The molecule has 0 bridgehead atoms. The summed E-state index contributed by atoms with van der Waals surface area (Å²) in [6.45, 7) is 0.755. The Morgan fingerprint density at radius 3 is 3.00 bits per heavy atom. The van der Waals surface area contributed by atoms with Crippen molar-refractivity contribution in [2.75, 3.05) is 13.2 Å². The molecule has 1 amide bonds. The van der Waals surface area contributed by atoms with Crippen LogP contribution < -0.4 is 0 Å². The van der Waals surface area contributed by atoms with E-state index in [4.69, 9.17) is 5.11 Å². The molecule has 0 unspecified atom stereocenters. The molecular weight excluding hydrogens is 282 g/mol. The zero-order chi connectivity index (χ0) is 14.7. The quantitative estimate of drug-likeness (QED) is 0.810. The van der Waals surface area contributed by atoms with Gasteiger partial charge in [-0.3, -0.25) is 4.79 Å². The molecule has 112 valence electrons. The van der Waals surface area contributed by atoms with Gasteiger partial charge in [0.1, 0.15) is 6.61 Å². The van der Waals surface area contributed by atoms with Gasteiger partial charge in [-0.25, -0.2) is 0 Å². The molecule has 1 aromatic rings. The predicted molar refractivity (Wildman–Crippen MR) is 84.3 cm³/mol. The fourth-order valence-corrected chi connectivity index (χ4v) is 4.43. The minimum atomic E-state index is -0.142. The number of likely N-dealkylation sites (tertiary alicyclic amines) is 1. The Morgan fingerprint density at radius 1 is 1.33 bits per heavy atom. The minimum Gasteiger partial charge on any atom is -0.384 e. The molecule has 3 nitrogen and oxygen atoms in total. The molecule has 0 radical (unpaired) electrons. The summed E-state index contributed by atoms with van der Waals surface area (Å²) in [7, 11) is 0. The molecule has 1 N–H and O–H groups in total. The number of aliphatic hydroxyl groups is 1. The first-order valence-corrected chi connectivity index (χ1v) is 8.67. The Kier molecular flexibility index (Phi) is 4.62. The first-order chi connectivity index (χ1) is 10.3. The van der Waals surface area contributed by atoms with Gasteiger partial charge in [-0.2, -0.15) is 0 Å². The van der Waals surface area contributed by atoms with E-state index in [0.717, 1.165) is 29.8 Å². The van der Waals surface area contributed by atoms with E-state index < -0.39 is 0 Å². The molecule has 1 saturated carbocycles. The Bertz CT molecular complexity index is 567. The SMILES string of the molecule is O=C(c1csc(C#CCO)c1)N1CCC[C@H]2CCCC[C@H]21. The molecule has 2 atom stereocenters. The van der Waals surface area contributed by atoms with Crippen LogP contribution in [-0.2, 0) is 0 Å². The van der Waals surface area contributed by atoms with Crippen molar-refractivity contribution in [2.45, 2.75) is 44.6 Å². The summed E-state index contributed by atoms with van der Waals surface area (Å²) >= 11 is 1.48. The summed E-state index contributed by atoms with van der Waals surface area (Å²) in [5.41, 5.74) is 0.758. The number of nitrogens with zero attached hydrogens (tertiary/aromatic N) is 1. The zero-order valence-corrected chi connectivity index (χ0v) is 13.0. The zero-order valence-electron chi connectivity index (χ0n) is 12.2. The second-order valence-electron chi connectivity index (χ2n) is 5.91. The highest BCUT2D eigenvalue weighted by Gasteiger charge is 2.36. The van der Waals surface area contributed by atoms with Crippen molar-refractivity contribution in [3.05, 3.63) is 21.9 Å². The summed E-state index contributed by atoms with van der Waals surface area (Å²) in [6.07, 6.45) is 7.44. The monoisotopic (exact) mass is 303 g/mol. The average molecular weight is 303 g/mol. The van der Waals surface area contributed by atoms with E-state index in [0.29, 0.717) is 12.0 Å². The van der Waals surface area contributed by atoms with Crippen molar-refractivity contribution in [3.63, 3.8) is 0 Å². The molecule has 4 heteroatoms. The van der Waals surface area contributed by atoms with Crippen LogP contribution in [0, 0.1) is 17.8 Å². The van der Waals surface area contributed by atoms with Gasteiger partial charge in [0.25, 0.3) is 5.91 Å².